The molecule has 0 bridgehead atoms. The second kappa shape index (κ2) is 4.22. The summed E-state index contributed by atoms with van der Waals surface area (Å²) in [6, 6.07) is 7.39. The second-order valence-corrected chi connectivity index (χ2v) is 6.52. The first-order valence-corrected chi connectivity index (χ1v) is 7.45. The third-order valence-corrected chi connectivity index (χ3v) is 5.43. The Balaban J connectivity index is 1.78. The smallest absolute Gasteiger partial charge is 0.0471 e. The van der Waals surface area contributed by atoms with E-state index >= 15 is 0 Å². The van der Waals surface area contributed by atoms with Gasteiger partial charge < -0.3 is 15.3 Å². The number of aliphatic hydroxyl groups is 1. The molecule has 1 aliphatic carbocycles. The number of hydrogen-bond donors (Lipinski definition) is 2. The van der Waals surface area contributed by atoms with E-state index in [2.05, 4.69) is 35.5 Å². The van der Waals surface area contributed by atoms with Crippen LogP contribution >= 0.6 is 0 Å². The second-order valence-electron chi connectivity index (χ2n) is 6.52. The van der Waals surface area contributed by atoms with Crippen LogP contribution in [0, 0.1) is 5.92 Å². The van der Waals surface area contributed by atoms with Gasteiger partial charge in [-0.05, 0) is 43.0 Å². The molecule has 19 heavy (non-hydrogen) atoms. The van der Waals surface area contributed by atoms with Gasteiger partial charge in [-0.15, -0.1) is 0 Å². The molecular weight excluding hydrogens is 236 g/mol. The van der Waals surface area contributed by atoms with E-state index in [1.807, 2.05) is 0 Å². The molecule has 1 fully saturated rings. The van der Waals surface area contributed by atoms with Crippen LogP contribution < -0.4 is 5.32 Å². The predicted molar refractivity (Wildman–Crippen MR) is 76.6 cm³/mol. The Labute approximate surface area is 114 Å². The number of anilines is 1. The number of likely N-dealkylation sites (tertiary alicyclic amines) is 1. The zero-order chi connectivity index (χ0) is 13.0. The van der Waals surface area contributed by atoms with Gasteiger partial charge in [0.05, 0.1) is 0 Å². The van der Waals surface area contributed by atoms with Gasteiger partial charge in [-0.3, -0.25) is 0 Å². The molecule has 0 spiro atoms. The summed E-state index contributed by atoms with van der Waals surface area (Å²) in [5, 5.41) is 13.1. The van der Waals surface area contributed by atoms with Gasteiger partial charge in [-0.25, -0.2) is 0 Å². The Hall–Kier alpha value is -1.06. The molecule has 3 nitrogen and oxygen atoms in total. The molecule has 3 heteroatoms. The summed E-state index contributed by atoms with van der Waals surface area (Å²) in [5.74, 6) is 1.75. The van der Waals surface area contributed by atoms with E-state index in [4.69, 9.17) is 0 Å². The Morgan fingerprint density at radius 3 is 3.11 bits per heavy atom. The molecule has 3 aliphatic rings. The molecule has 0 radical (unpaired) electrons. The van der Waals surface area contributed by atoms with Crippen LogP contribution in [0.4, 0.5) is 5.69 Å². The molecule has 0 aromatic heterocycles. The molecule has 1 aromatic carbocycles. The van der Waals surface area contributed by atoms with Crippen molar-refractivity contribution in [3.05, 3.63) is 29.3 Å². The Bertz CT molecular complexity index is 502. The lowest BCUT2D eigenvalue weighted by Gasteiger charge is -2.47. The molecule has 4 atom stereocenters. The number of nitrogens with zero attached hydrogens (tertiary/aromatic N) is 1. The molecule has 4 rings (SSSR count). The number of nitrogens with one attached hydrogen (secondary N) is 1. The van der Waals surface area contributed by atoms with E-state index < -0.39 is 0 Å². The zero-order valence-electron chi connectivity index (χ0n) is 11.5. The lowest BCUT2D eigenvalue weighted by molar-refractivity contribution is 0.0660. The molecular formula is C16H22N2O. The maximum absolute atomic E-state index is 9.53. The van der Waals surface area contributed by atoms with Crippen LogP contribution in [0.25, 0.3) is 0 Å². The summed E-state index contributed by atoms with van der Waals surface area (Å²) in [7, 11) is 2.23. The van der Waals surface area contributed by atoms with Crippen molar-refractivity contribution in [3.8, 4) is 0 Å². The van der Waals surface area contributed by atoms with Crippen molar-refractivity contribution in [2.24, 2.45) is 5.92 Å². The summed E-state index contributed by atoms with van der Waals surface area (Å²) < 4.78 is 0. The molecule has 2 heterocycles. The van der Waals surface area contributed by atoms with Crippen LogP contribution in [0.1, 0.15) is 35.8 Å². The molecule has 0 saturated carbocycles. The largest absolute Gasteiger partial charge is 0.396 e. The van der Waals surface area contributed by atoms with Gasteiger partial charge >= 0.3 is 0 Å². The third kappa shape index (κ3) is 1.65. The van der Waals surface area contributed by atoms with Crippen molar-refractivity contribution in [1.29, 1.82) is 0 Å². The van der Waals surface area contributed by atoms with Crippen LogP contribution in [-0.2, 0) is 0 Å². The van der Waals surface area contributed by atoms with Crippen molar-refractivity contribution in [1.82, 2.24) is 4.90 Å². The van der Waals surface area contributed by atoms with E-state index in [0.717, 1.165) is 19.5 Å². The maximum atomic E-state index is 9.53. The minimum atomic E-state index is 0.324. The quantitative estimate of drug-likeness (QED) is 0.808. The molecule has 1 saturated heterocycles. The number of benzene rings is 1. The highest BCUT2D eigenvalue weighted by molar-refractivity contribution is 5.63. The van der Waals surface area contributed by atoms with Crippen LogP contribution in [0.2, 0.25) is 0 Å². The van der Waals surface area contributed by atoms with E-state index in [0.29, 0.717) is 30.4 Å². The molecule has 2 unspecified atom stereocenters. The minimum absolute atomic E-state index is 0.324. The molecule has 2 N–H and O–H groups in total. The lowest BCUT2D eigenvalue weighted by atomic mass is 9.69. The van der Waals surface area contributed by atoms with Crippen molar-refractivity contribution in [2.75, 3.05) is 32.1 Å². The molecule has 0 amide bonds. The van der Waals surface area contributed by atoms with E-state index in [9.17, 15) is 5.11 Å². The monoisotopic (exact) mass is 258 g/mol. The van der Waals surface area contributed by atoms with Crippen molar-refractivity contribution < 1.29 is 5.11 Å². The normalized spacial score (nSPS) is 36.5. The Morgan fingerprint density at radius 1 is 1.37 bits per heavy atom. The number of rotatable bonds is 1. The average molecular weight is 258 g/mol. The SMILES string of the molecule is CN1CC(CO)C[C@@H]2c3cccc4c3C(CN4)C[C@H]21. The minimum Gasteiger partial charge on any atom is -0.396 e. The predicted octanol–water partition coefficient (Wildman–Crippen LogP) is 2.00. The van der Waals surface area contributed by atoms with E-state index in [1.54, 1.807) is 11.1 Å². The summed E-state index contributed by atoms with van der Waals surface area (Å²) in [6.07, 6.45) is 2.42. The number of likely N-dealkylation sites (N-methyl/N-ethyl adjacent to an activating group) is 1. The van der Waals surface area contributed by atoms with Crippen LogP contribution in [0.3, 0.4) is 0 Å². The van der Waals surface area contributed by atoms with Crippen molar-refractivity contribution >= 4 is 5.69 Å². The zero-order valence-corrected chi connectivity index (χ0v) is 11.5. The molecule has 2 aliphatic heterocycles. The van der Waals surface area contributed by atoms with Gasteiger partial charge in [-0.2, -0.15) is 0 Å². The Morgan fingerprint density at radius 2 is 2.26 bits per heavy atom. The van der Waals surface area contributed by atoms with Crippen LogP contribution in [-0.4, -0.2) is 42.8 Å². The summed E-state index contributed by atoms with van der Waals surface area (Å²) in [6.45, 7) is 2.48. The summed E-state index contributed by atoms with van der Waals surface area (Å²) in [4.78, 5) is 2.49. The van der Waals surface area contributed by atoms with Crippen LogP contribution in [0.15, 0.2) is 18.2 Å². The van der Waals surface area contributed by atoms with Crippen molar-refractivity contribution in [2.45, 2.75) is 30.7 Å². The number of hydrogen-bond acceptors (Lipinski definition) is 3. The fraction of sp³-hybridized carbons (Fsp3) is 0.625. The first kappa shape index (κ1) is 11.7. The fourth-order valence-corrected chi connectivity index (χ4v) is 4.60. The number of piperidine rings is 1. The number of fused-ring (bicyclic) bond motifs is 2. The lowest BCUT2D eigenvalue weighted by Crippen LogP contribution is -2.48. The van der Waals surface area contributed by atoms with Gasteiger partial charge in [0.2, 0.25) is 0 Å². The molecule has 102 valence electrons. The fourth-order valence-electron chi connectivity index (χ4n) is 4.60. The van der Waals surface area contributed by atoms with Crippen molar-refractivity contribution in [3.63, 3.8) is 0 Å². The summed E-state index contributed by atoms with van der Waals surface area (Å²) >= 11 is 0. The molecule has 1 aromatic rings. The van der Waals surface area contributed by atoms with E-state index in [-0.39, 0.29) is 0 Å². The average Bonchev–Trinajstić information content (AvgIpc) is 2.85. The standard InChI is InChI=1S/C16H22N2O/c1-18-8-10(9-19)5-13-12-3-2-4-14-16(12)11(7-17-14)6-15(13)18/h2-4,10-11,13,15,17,19H,5-9H2,1H3/t10?,11?,13-,15-/m1/s1. The van der Waals surface area contributed by atoms with Crippen LogP contribution in [0.5, 0.6) is 0 Å². The first-order valence-electron chi connectivity index (χ1n) is 7.45. The topological polar surface area (TPSA) is 35.5 Å². The number of aliphatic hydroxyl groups excluding tert-OH is 1. The summed E-state index contributed by atoms with van der Waals surface area (Å²) in [5.41, 5.74) is 4.49. The maximum Gasteiger partial charge on any atom is 0.0471 e. The third-order valence-electron chi connectivity index (χ3n) is 5.43. The Kier molecular flexibility index (Phi) is 2.61. The highest BCUT2D eigenvalue weighted by Crippen LogP contribution is 2.50. The van der Waals surface area contributed by atoms with Gasteiger partial charge in [0.1, 0.15) is 0 Å². The van der Waals surface area contributed by atoms with Gasteiger partial charge in [0, 0.05) is 43.3 Å². The van der Waals surface area contributed by atoms with Gasteiger partial charge in [-0.1, -0.05) is 12.1 Å². The van der Waals surface area contributed by atoms with Gasteiger partial charge in [0.15, 0.2) is 0 Å². The van der Waals surface area contributed by atoms with E-state index in [1.165, 1.54) is 12.1 Å². The first-order chi connectivity index (χ1) is 9.28. The highest BCUT2D eigenvalue weighted by atomic mass is 16.3. The van der Waals surface area contributed by atoms with Gasteiger partial charge in [0.25, 0.3) is 0 Å². The highest BCUT2D eigenvalue weighted by Gasteiger charge is 2.43.